The maximum Gasteiger partial charge on any atom is 0.274 e. The first-order valence-electron chi connectivity index (χ1n) is 9.58. The lowest BCUT2D eigenvalue weighted by molar-refractivity contribution is -0.0166. The number of hydrogen-bond acceptors (Lipinski definition) is 5. The molecule has 0 unspecified atom stereocenters. The molecule has 27 heavy (non-hydrogen) atoms. The van der Waals surface area contributed by atoms with Crippen molar-refractivity contribution >= 4 is 5.91 Å². The predicted octanol–water partition coefficient (Wildman–Crippen LogP) is 2.04. The largest absolute Gasteiger partial charge is 0.389 e. The number of nitrogens with zero attached hydrogens (tertiary/aromatic N) is 3. The number of carbonyl (C=O) groups excluding carboxylic acids is 1. The molecule has 2 aliphatic rings. The van der Waals surface area contributed by atoms with Crippen LogP contribution in [0.25, 0.3) is 0 Å². The average Bonchev–Trinajstić information content (AvgIpc) is 3.06. The van der Waals surface area contributed by atoms with Gasteiger partial charge in [-0.3, -0.25) is 14.9 Å². The van der Waals surface area contributed by atoms with E-state index in [0.29, 0.717) is 44.5 Å². The first-order chi connectivity index (χ1) is 13.0. The molecule has 2 N–H and O–H groups in total. The van der Waals surface area contributed by atoms with Gasteiger partial charge in [0.05, 0.1) is 23.5 Å². The Labute approximate surface area is 158 Å². The molecule has 0 aromatic carbocycles. The number of aromatic nitrogens is 3. The first-order valence-corrected chi connectivity index (χ1v) is 9.58. The molecule has 2 atom stereocenters. The minimum absolute atomic E-state index is 0.0558. The van der Waals surface area contributed by atoms with Crippen molar-refractivity contribution in [2.45, 2.75) is 57.3 Å². The van der Waals surface area contributed by atoms with Crippen molar-refractivity contribution in [3.05, 3.63) is 47.0 Å². The first kappa shape index (κ1) is 18.1. The third kappa shape index (κ3) is 3.61. The van der Waals surface area contributed by atoms with Crippen molar-refractivity contribution in [1.29, 1.82) is 0 Å². The van der Waals surface area contributed by atoms with Gasteiger partial charge in [-0.2, -0.15) is 5.10 Å². The third-order valence-electron chi connectivity index (χ3n) is 5.70. The van der Waals surface area contributed by atoms with E-state index in [4.69, 9.17) is 4.74 Å². The minimum Gasteiger partial charge on any atom is -0.389 e. The highest BCUT2D eigenvalue weighted by Gasteiger charge is 2.37. The van der Waals surface area contributed by atoms with E-state index in [2.05, 4.69) is 15.2 Å². The summed E-state index contributed by atoms with van der Waals surface area (Å²) in [5, 5.41) is 18.2. The van der Waals surface area contributed by atoms with Gasteiger partial charge in [-0.1, -0.05) is 0 Å². The Morgan fingerprint density at radius 1 is 1.33 bits per heavy atom. The van der Waals surface area contributed by atoms with Crippen LogP contribution in [0.4, 0.5) is 0 Å². The van der Waals surface area contributed by atoms with Crippen LogP contribution < -0.4 is 0 Å². The van der Waals surface area contributed by atoms with Crippen molar-refractivity contribution < 1.29 is 14.6 Å². The van der Waals surface area contributed by atoms with Gasteiger partial charge in [-0.15, -0.1) is 0 Å². The van der Waals surface area contributed by atoms with Crippen LogP contribution in [0.2, 0.25) is 0 Å². The molecule has 0 bridgehead atoms. The quantitative estimate of drug-likeness (QED) is 0.863. The molecule has 1 saturated heterocycles. The van der Waals surface area contributed by atoms with E-state index < -0.39 is 5.60 Å². The highest BCUT2D eigenvalue weighted by atomic mass is 16.5. The molecule has 1 fully saturated rings. The van der Waals surface area contributed by atoms with Crippen molar-refractivity contribution in [2.75, 3.05) is 13.1 Å². The molecule has 0 radical (unpaired) electrons. The van der Waals surface area contributed by atoms with Gasteiger partial charge in [0, 0.05) is 43.9 Å². The molecule has 0 saturated carbocycles. The predicted molar refractivity (Wildman–Crippen MR) is 99.3 cm³/mol. The minimum atomic E-state index is -0.778. The van der Waals surface area contributed by atoms with Gasteiger partial charge in [0.2, 0.25) is 0 Å². The number of H-pyrrole nitrogens is 1. The second kappa shape index (κ2) is 7.05. The number of amides is 1. The Morgan fingerprint density at radius 3 is 2.74 bits per heavy atom. The molecular formula is C20H26N4O3. The van der Waals surface area contributed by atoms with Crippen LogP contribution in [0.5, 0.6) is 0 Å². The van der Waals surface area contributed by atoms with Crippen molar-refractivity contribution in [2.24, 2.45) is 0 Å². The van der Waals surface area contributed by atoms with Gasteiger partial charge < -0.3 is 14.7 Å². The number of aliphatic hydroxyl groups is 1. The van der Waals surface area contributed by atoms with E-state index in [0.717, 1.165) is 16.8 Å². The summed E-state index contributed by atoms with van der Waals surface area (Å²) in [6.45, 7) is 5.05. The van der Waals surface area contributed by atoms with E-state index in [1.807, 2.05) is 30.9 Å². The summed E-state index contributed by atoms with van der Waals surface area (Å²) in [5.41, 5.74) is 2.68. The second-order valence-corrected chi connectivity index (χ2v) is 7.81. The second-order valence-electron chi connectivity index (χ2n) is 7.81. The van der Waals surface area contributed by atoms with Crippen molar-refractivity contribution in [1.82, 2.24) is 20.1 Å². The monoisotopic (exact) mass is 370 g/mol. The molecule has 0 aliphatic carbocycles. The Morgan fingerprint density at radius 2 is 2.04 bits per heavy atom. The van der Waals surface area contributed by atoms with Crippen molar-refractivity contribution in [3.63, 3.8) is 0 Å². The van der Waals surface area contributed by atoms with Crippen molar-refractivity contribution in [3.8, 4) is 0 Å². The molecule has 2 aromatic heterocycles. The maximum absolute atomic E-state index is 13.0. The number of aromatic amines is 1. The van der Waals surface area contributed by atoms with Crippen LogP contribution in [0.15, 0.2) is 24.5 Å². The molecule has 2 aliphatic heterocycles. The lowest BCUT2D eigenvalue weighted by atomic mass is 9.85. The van der Waals surface area contributed by atoms with Gasteiger partial charge in [0.25, 0.3) is 5.91 Å². The fraction of sp³-hybridized carbons (Fsp3) is 0.550. The number of hydrogen-bond donors (Lipinski definition) is 2. The number of nitrogens with one attached hydrogen (secondary N) is 1. The number of carbonyl (C=O) groups is 1. The molecule has 4 rings (SSSR count). The topological polar surface area (TPSA) is 91.3 Å². The van der Waals surface area contributed by atoms with Crippen LogP contribution in [0.3, 0.4) is 0 Å². The van der Waals surface area contributed by atoms with Gasteiger partial charge in [0.15, 0.2) is 5.69 Å². The molecule has 4 heterocycles. The Bertz CT molecular complexity index is 812. The Balaban J connectivity index is 1.44. The molecule has 7 heteroatoms. The number of ether oxygens (including phenoxy) is 1. The lowest BCUT2D eigenvalue weighted by Crippen LogP contribution is -2.48. The van der Waals surface area contributed by atoms with Gasteiger partial charge in [-0.25, -0.2) is 0 Å². The smallest absolute Gasteiger partial charge is 0.274 e. The number of rotatable bonds is 3. The zero-order valence-electron chi connectivity index (χ0n) is 15.8. The highest BCUT2D eigenvalue weighted by Crippen LogP contribution is 2.32. The Kier molecular flexibility index (Phi) is 4.74. The molecule has 1 amide bonds. The fourth-order valence-electron chi connectivity index (χ4n) is 4.18. The summed E-state index contributed by atoms with van der Waals surface area (Å²) in [6.07, 6.45) is 5.87. The van der Waals surface area contributed by atoms with Crippen LogP contribution in [0, 0.1) is 0 Å². The third-order valence-corrected chi connectivity index (χ3v) is 5.70. The molecule has 144 valence electrons. The highest BCUT2D eigenvalue weighted by molar-refractivity contribution is 5.94. The van der Waals surface area contributed by atoms with E-state index in [-0.39, 0.29) is 18.1 Å². The maximum atomic E-state index is 13.0. The van der Waals surface area contributed by atoms with Crippen LogP contribution in [-0.4, -0.2) is 55.9 Å². The number of fused-ring (bicyclic) bond motifs is 1. The van der Waals surface area contributed by atoms with E-state index in [1.165, 1.54) is 0 Å². The van der Waals surface area contributed by atoms with Gasteiger partial charge >= 0.3 is 0 Å². The Hall–Kier alpha value is -2.25. The summed E-state index contributed by atoms with van der Waals surface area (Å²) in [5.74, 6) is -0.0558. The zero-order valence-corrected chi connectivity index (χ0v) is 15.8. The number of likely N-dealkylation sites (tertiary alicyclic amines) is 1. The zero-order chi connectivity index (χ0) is 19.0. The fourth-order valence-corrected chi connectivity index (χ4v) is 4.18. The summed E-state index contributed by atoms with van der Waals surface area (Å²) in [6, 6.07) is 3.85. The lowest BCUT2D eigenvalue weighted by Gasteiger charge is -2.38. The van der Waals surface area contributed by atoms with E-state index in [1.54, 1.807) is 12.4 Å². The van der Waals surface area contributed by atoms with Gasteiger partial charge in [0.1, 0.15) is 0 Å². The SMILES string of the molecule is C[C@@H]1Cc2c(C(=O)N3CCC(O)(Cc4ccncc4)CC3)n[nH]c2[C@H](C)O1. The van der Waals surface area contributed by atoms with Crippen LogP contribution in [-0.2, 0) is 17.6 Å². The normalized spacial score (nSPS) is 24.5. The molecule has 7 nitrogen and oxygen atoms in total. The summed E-state index contributed by atoms with van der Waals surface area (Å²) in [7, 11) is 0. The average molecular weight is 370 g/mol. The summed E-state index contributed by atoms with van der Waals surface area (Å²) in [4.78, 5) is 18.9. The van der Waals surface area contributed by atoms with E-state index in [9.17, 15) is 9.90 Å². The van der Waals surface area contributed by atoms with E-state index >= 15 is 0 Å². The van der Waals surface area contributed by atoms with Crippen LogP contribution >= 0.6 is 0 Å². The molecule has 0 spiro atoms. The van der Waals surface area contributed by atoms with Gasteiger partial charge in [-0.05, 0) is 44.4 Å². The molecule has 2 aromatic rings. The van der Waals surface area contributed by atoms with Crippen LogP contribution in [0.1, 0.15) is 60.1 Å². The molecular weight excluding hydrogens is 344 g/mol. The standard InChI is InChI=1S/C20H26N4O3/c1-13-11-16-17(14(2)27-13)22-23-18(16)19(25)24-9-5-20(26,6-10-24)12-15-3-7-21-8-4-15/h3-4,7-8,13-14,26H,5-6,9-12H2,1-2H3,(H,22,23)/t13-,14+/m1/s1. The number of piperidine rings is 1. The number of pyridine rings is 1. The summed E-state index contributed by atoms with van der Waals surface area (Å²) >= 11 is 0. The summed E-state index contributed by atoms with van der Waals surface area (Å²) < 4.78 is 5.80.